The third kappa shape index (κ3) is 2.84. The maximum Gasteiger partial charge on any atom is 0.183 e. The van der Waals surface area contributed by atoms with Crippen LogP contribution in [0, 0.1) is 0 Å². The lowest BCUT2D eigenvalue weighted by Crippen LogP contribution is -2.14. The fourth-order valence-corrected chi connectivity index (χ4v) is 4.86. The minimum atomic E-state index is 0.669. The summed E-state index contributed by atoms with van der Waals surface area (Å²) < 4.78 is 0. The van der Waals surface area contributed by atoms with Gasteiger partial charge in [0, 0.05) is 10.9 Å². The molecule has 3 heteroatoms. The zero-order valence-corrected chi connectivity index (χ0v) is 13.2. The van der Waals surface area contributed by atoms with Gasteiger partial charge in [-0.05, 0) is 43.6 Å². The van der Waals surface area contributed by atoms with Crippen molar-refractivity contribution >= 4 is 16.5 Å². The number of nitrogens with one attached hydrogen (secondary N) is 1. The zero-order chi connectivity index (χ0) is 14.1. The predicted molar refractivity (Wildman–Crippen MR) is 89.2 cm³/mol. The first-order chi connectivity index (χ1) is 10.4. The monoisotopic (exact) mass is 298 g/mol. The van der Waals surface area contributed by atoms with Gasteiger partial charge in [0.15, 0.2) is 5.13 Å². The number of anilines is 1. The van der Waals surface area contributed by atoms with Crippen LogP contribution >= 0.6 is 11.3 Å². The van der Waals surface area contributed by atoms with E-state index in [0.717, 1.165) is 6.42 Å². The van der Waals surface area contributed by atoms with Crippen LogP contribution < -0.4 is 5.32 Å². The Kier molecular flexibility index (Phi) is 3.68. The molecule has 1 heterocycles. The molecule has 2 aliphatic rings. The molecule has 1 aromatic carbocycles. The van der Waals surface area contributed by atoms with Gasteiger partial charge in [0.05, 0.1) is 5.69 Å². The van der Waals surface area contributed by atoms with E-state index < -0.39 is 0 Å². The van der Waals surface area contributed by atoms with Crippen molar-refractivity contribution in [3.8, 4) is 0 Å². The molecule has 0 saturated heterocycles. The van der Waals surface area contributed by atoms with Crippen LogP contribution in [0.1, 0.15) is 54.2 Å². The molecule has 110 valence electrons. The Morgan fingerprint density at radius 3 is 2.67 bits per heavy atom. The average Bonchev–Trinajstić information content (AvgIpc) is 3.16. The van der Waals surface area contributed by atoms with Crippen LogP contribution in [-0.4, -0.2) is 11.0 Å². The summed E-state index contributed by atoms with van der Waals surface area (Å²) in [6.45, 7) is 0. The maximum absolute atomic E-state index is 4.85. The molecule has 1 atom stereocenters. The normalized spacial score (nSPS) is 22.2. The first kappa shape index (κ1) is 13.3. The summed E-state index contributed by atoms with van der Waals surface area (Å²) in [6.07, 6.45) is 8.93. The molecule has 1 N–H and O–H groups in total. The highest BCUT2D eigenvalue weighted by atomic mass is 32.1. The Bertz CT molecular complexity index is 599. The highest BCUT2D eigenvalue weighted by molar-refractivity contribution is 7.15. The van der Waals surface area contributed by atoms with E-state index in [1.54, 1.807) is 0 Å². The highest BCUT2D eigenvalue weighted by Gasteiger charge is 2.24. The number of fused-ring (bicyclic) bond motifs is 1. The van der Waals surface area contributed by atoms with Gasteiger partial charge in [-0.1, -0.05) is 43.2 Å². The number of hydrogen-bond acceptors (Lipinski definition) is 3. The predicted octanol–water partition coefficient (Wildman–Crippen LogP) is 4.77. The number of thiazole rings is 1. The molecule has 1 fully saturated rings. The zero-order valence-electron chi connectivity index (χ0n) is 12.3. The van der Waals surface area contributed by atoms with Crippen molar-refractivity contribution in [2.75, 3.05) is 5.32 Å². The molecule has 2 nitrogen and oxygen atoms in total. The molecule has 1 aromatic heterocycles. The van der Waals surface area contributed by atoms with Crippen LogP contribution in [0.2, 0.25) is 0 Å². The maximum atomic E-state index is 4.85. The van der Waals surface area contributed by atoms with Crippen LogP contribution in [-0.2, 0) is 12.8 Å². The summed E-state index contributed by atoms with van der Waals surface area (Å²) in [5.41, 5.74) is 2.84. The van der Waals surface area contributed by atoms with E-state index in [1.165, 1.54) is 59.8 Å². The molecule has 2 aliphatic carbocycles. The quantitative estimate of drug-likeness (QED) is 0.883. The third-order valence-corrected chi connectivity index (χ3v) is 5.94. The molecule has 2 aromatic rings. The van der Waals surface area contributed by atoms with Crippen molar-refractivity contribution in [2.45, 2.75) is 56.9 Å². The lowest BCUT2D eigenvalue weighted by molar-refractivity contribution is 0.584. The average molecular weight is 298 g/mol. The Balaban J connectivity index is 1.49. The van der Waals surface area contributed by atoms with Crippen LogP contribution in [0.15, 0.2) is 30.3 Å². The first-order valence-electron chi connectivity index (χ1n) is 8.18. The largest absolute Gasteiger partial charge is 0.359 e. The van der Waals surface area contributed by atoms with Gasteiger partial charge in [-0.2, -0.15) is 0 Å². The van der Waals surface area contributed by atoms with Crippen LogP contribution in [0.3, 0.4) is 0 Å². The molecule has 1 saturated carbocycles. The fourth-order valence-electron chi connectivity index (χ4n) is 3.69. The standard InChI is InChI=1S/C18H22N2S/c1-2-6-13(7-3-1)14-10-11-16-17(12-14)21-18(20-16)19-15-8-4-5-9-15/h1-3,6-7,14-15H,4-5,8-12H2,(H,19,20). The molecule has 21 heavy (non-hydrogen) atoms. The number of rotatable bonds is 3. The van der Waals surface area contributed by atoms with Gasteiger partial charge in [0.25, 0.3) is 0 Å². The van der Waals surface area contributed by atoms with Gasteiger partial charge in [-0.3, -0.25) is 0 Å². The van der Waals surface area contributed by atoms with E-state index in [-0.39, 0.29) is 0 Å². The van der Waals surface area contributed by atoms with Gasteiger partial charge < -0.3 is 5.32 Å². The van der Waals surface area contributed by atoms with Crippen molar-refractivity contribution in [1.82, 2.24) is 4.98 Å². The SMILES string of the molecule is c1ccc(C2CCc3nc(NC4CCCC4)sc3C2)cc1. The highest BCUT2D eigenvalue weighted by Crippen LogP contribution is 2.37. The van der Waals surface area contributed by atoms with Crippen molar-refractivity contribution in [3.05, 3.63) is 46.5 Å². The van der Waals surface area contributed by atoms with E-state index in [4.69, 9.17) is 4.98 Å². The molecule has 0 spiro atoms. The topological polar surface area (TPSA) is 24.9 Å². The van der Waals surface area contributed by atoms with Gasteiger partial charge in [-0.25, -0.2) is 4.98 Å². The van der Waals surface area contributed by atoms with Crippen LogP contribution in [0.4, 0.5) is 5.13 Å². The molecular formula is C18H22N2S. The molecular weight excluding hydrogens is 276 g/mol. The second-order valence-electron chi connectivity index (χ2n) is 6.37. The van der Waals surface area contributed by atoms with Gasteiger partial charge in [0.1, 0.15) is 0 Å². The molecule has 0 radical (unpaired) electrons. The fraction of sp³-hybridized carbons (Fsp3) is 0.500. The van der Waals surface area contributed by atoms with Gasteiger partial charge in [0.2, 0.25) is 0 Å². The molecule has 4 rings (SSSR count). The number of hydrogen-bond donors (Lipinski definition) is 1. The van der Waals surface area contributed by atoms with E-state index >= 15 is 0 Å². The summed E-state index contributed by atoms with van der Waals surface area (Å²) in [5.74, 6) is 0.679. The lowest BCUT2D eigenvalue weighted by atomic mass is 9.85. The van der Waals surface area contributed by atoms with E-state index in [9.17, 15) is 0 Å². The molecule has 0 amide bonds. The Labute approximate surface area is 130 Å². The third-order valence-electron chi connectivity index (χ3n) is 4.89. The van der Waals surface area contributed by atoms with Crippen LogP contribution in [0.25, 0.3) is 0 Å². The summed E-state index contributed by atoms with van der Waals surface area (Å²) in [5, 5.41) is 4.83. The Morgan fingerprint density at radius 2 is 1.86 bits per heavy atom. The Hall–Kier alpha value is -1.35. The summed E-state index contributed by atoms with van der Waals surface area (Å²) in [7, 11) is 0. The summed E-state index contributed by atoms with van der Waals surface area (Å²) >= 11 is 1.90. The van der Waals surface area contributed by atoms with E-state index in [1.807, 2.05) is 11.3 Å². The molecule has 1 unspecified atom stereocenters. The number of aryl methyl sites for hydroxylation is 1. The van der Waals surface area contributed by atoms with E-state index in [0.29, 0.717) is 12.0 Å². The minimum absolute atomic E-state index is 0.669. The van der Waals surface area contributed by atoms with Crippen molar-refractivity contribution in [2.24, 2.45) is 0 Å². The van der Waals surface area contributed by atoms with Crippen molar-refractivity contribution in [1.29, 1.82) is 0 Å². The lowest BCUT2D eigenvalue weighted by Gasteiger charge is -2.21. The van der Waals surface area contributed by atoms with Gasteiger partial charge in [-0.15, -0.1) is 11.3 Å². The first-order valence-corrected chi connectivity index (χ1v) is 9.00. The summed E-state index contributed by atoms with van der Waals surface area (Å²) in [6, 6.07) is 11.6. The van der Waals surface area contributed by atoms with Crippen molar-refractivity contribution in [3.63, 3.8) is 0 Å². The molecule has 0 bridgehead atoms. The number of nitrogens with zero attached hydrogens (tertiary/aromatic N) is 1. The second kappa shape index (κ2) is 5.80. The minimum Gasteiger partial charge on any atom is -0.359 e. The Morgan fingerprint density at radius 1 is 1.05 bits per heavy atom. The molecule has 0 aliphatic heterocycles. The smallest absolute Gasteiger partial charge is 0.183 e. The second-order valence-corrected chi connectivity index (χ2v) is 7.45. The van der Waals surface area contributed by atoms with E-state index in [2.05, 4.69) is 35.6 Å². The van der Waals surface area contributed by atoms with Gasteiger partial charge >= 0.3 is 0 Å². The van der Waals surface area contributed by atoms with Crippen molar-refractivity contribution < 1.29 is 0 Å². The van der Waals surface area contributed by atoms with Crippen LogP contribution in [0.5, 0.6) is 0 Å². The summed E-state index contributed by atoms with van der Waals surface area (Å²) in [4.78, 5) is 6.36. The number of aromatic nitrogens is 1. The number of benzene rings is 1.